The second-order valence-corrected chi connectivity index (χ2v) is 4.62. The first-order chi connectivity index (χ1) is 10.2. The molecule has 0 amide bonds. The van der Waals surface area contributed by atoms with Crippen LogP contribution in [0.15, 0.2) is 41.6 Å². The second kappa shape index (κ2) is 5.41. The van der Waals surface area contributed by atoms with Crippen LogP contribution >= 0.6 is 11.6 Å². The lowest BCUT2D eigenvalue weighted by Crippen LogP contribution is -2.14. The number of nitrogens with zero attached hydrogens (tertiary/aromatic N) is 1. The number of fused-ring (bicyclic) bond motifs is 1. The number of rotatable bonds is 3. The van der Waals surface area contributed by atoms with E-state index in [1.807, 2.05) is 0 Å². The van der Waals surface area contributed by atoms with Gasteiger partial charge in [-0.05, 0) is 24.3 Å². The molecule has 1 aliphatic rings. The molecule has 0 radical (unpaired) electrons. The molecule has 0 saturated heterocycles. The van der Waals surface area contributed by atoms with Crippen molar-refractivity contribution in [1.29, 1.82) is 0 Å². The van der Waals surface area contributed by atoms with E-state index in [4.69, 9.17) is 36.8 Å². The molecule has 3 N–H and O–H groups in total. The normalized spacial score (nSPS) is 13.3. The minimum absolute atomic E-state index is 0.128. The third-order valence-corrected chi connectivity index (χ3v) is 3.23. The molecule has 0 aliphatic carbocycles. The number of halogens is 1. The molecule has 0 bridgehead atoms. The van der Waals surface area contributed by atoms with Gasteiger partial charge < -0.3 is 25.2 Å². The fraction of sp³-hybridized carbons (Fsp3) is 0.0714. The Morgan fingerprint density at radius 3 is 2.86 bits per heavy atom. The maximum atomic E-state index is 8.84. The fourth-order valence-corrected chi connectivity index (χ4v) is 2.22. The van der Waals surface area contributed by atoms with Gasteiger partial charge in [0.05, 0.1) is 10.6 Å². The van der Waals surface area contributed by atoms with Gasteiger partial charge in [0.2, 0.25) is 6.79 Å². The van der Waals surface area contributed by atoms with Crippen LogP contribution in [0.5, 0.6) is 23.0 Å². The molecule has 0 aromatic heterocycles. The monoisotopic (exact) mass is 306 g/mol. The number of oxime groups is 1. The minimum atomic E-state index is -0.128. The van der Waals surface area contributed by atoms with Crippen molar-refractivity contribution in [2.45, 2.75) is 0 Å². The summed E-state index contributed by atoms with van der Waals surface area (Å²) < 4.78 is 16.3. The number of amidine groups is 1. The number of ether oxygens (including phenoxy) is 3. The highest BCUT2D eigenvalue weighted by molar-refractivity contribution is 6.34. The van der Waals surface area contributed by atoms with E-state index in [1.165, 1.54) is 0 Å². The third kappa shape index (κ3) is 2.53. The molecule has 3 rings (SSSR count). The lowest BCUT2D eigenvalue weighted by atomic mass is 10.2. The van der Waals surface area contributed by atoms with Gasteiger partial charge in [0.15, 0.2) is 17.3 Å². The van der Waals surface area contributed by atoms with Gasteiger partial charge in [-0.1, -0.05) is 22.8 Å². The van der Waals surface area contributed by atoms with Crippen LogP contribution in [-0.4, -0.2) is 17.8 Å². The molecule has 0 spiro atoms. The summed E-state index contributed by atoms with van der Waals surface area (Å²) in [6.45, 7) is 0.186. The maximum Gasteiger partial charge on any atom is 0.231 e. The van der Waals surface area contributed by atoms with Gasteiger partial charge in [-0.25, -0.2) is 0 Å². The highest BCUT2D eigenvalue weighted by Gasteiger charge is 2.17. The first-order valence-corrected chi connectivity index (χ1v) is 6.41. The Kier molecular flexibility index (Phi) is 3.45. The van der Waals surface area contributed by atoms with Crippen LogP contribution in [0.2, 0.25) is 5.02 Å². The Morgan fingerprint density at radius 2 is 2.05 bits per heavy atom. The van der Waals surface area contributed by atoms with Crippen LogP contribution in [0, 0.1) is 0 Å². The Bertz CT molecular complexity index is 718. The summed E-state index contributed by atoms with van der Waals surface area (Å²) in [6, 6.07) is 10.2. The molecule has 0 fully saturated rings. The van der Waals surface area contributed by atoms with Crippen molar-refractivity contribution in [2.75, 3.05) is 6.79 Å². The smallest absolute Gasteiger partial charge is 0.231 e. The molecule has 0 saturated carbocycles. The van der Waals surface area contributed by atoms with Gasteiger partial charge in [0, 0.05) is 6.07 Å². The van der Waals surface area contributed by atoms with Gasteiger partial charge in [-0.15, -0.1) is 0 Å². The van der Waals surface area contributed by atoms with E-state index in [2.05, 4.69) is 5.16 Å². The van der Waals surface area contributed by atoms with Crippen molar-refractivity contribution in [1.82, 2.24) is 0 Å². The van der Waals surface area contributed by atoms with Crippen LogP contribution in [0.3, 0.4) is 0 Å². The van der Waals surface area contributed by atoms with Gasteiger partial charge in [0.25, 0.3) is 0 Å². The quantitative estimate of drug-likeness (QED) is 0.394. The van der Waals surface area contributed by atoms with Gasteiger partial charge in [-0.2, -0.15) is 0 Å². The predicted molar refractivity (Wildman–Crippen MR) is 76.6 cm³/mol. The number of benzene rings is 2. The average molecular weight is 307 g/mol. The van der Waals surface area contributed by atoms with Crippen molar-refractivity contribution < 1.29 is 19.4 Å². The highest BCUT2D eigenvalue weighted by Crippen LogP contribution is 2.37. The van der Waals surface area contributed by atoms with Gasteiger partial charge >= 0.3 is 0 Å². The largest absolute Gasteiger partial charge is 0.456 e. The first kappa shape index (κ1) is 13.4. The van der Waals surface area contributed by atoms with Crippen LogP contribution in [-0.2, 0) is 0 Å². The van der Waals surface area contributed by atoms with Crippen LogP contribution in [0.4, 0.5) is 0 Å². The molecule has 1 aliphatic heterocycles. The summed E-state index contributed by atoms with van der Waals surface area (Å²) in [5.74, 6) is 2.02. The van der Waals surface area contributed by atoms with Crippen LogP contribution < -0.4 is 19.9 Å². The average Bonchev–Trinajstić information content (AvgIpc) is 2.94. The first-order valence-electron chi connectivity index (χ1n) is 6.03. The highest BCUT2D eigenvalue weighted by atomic mass is 35.5. The molecule has 0 atom stereocenters. The Labute approximate surface area is 125 Å². The van der Waals surface area contributed by atoms with Crippen molar-refractivity contribution in [3.05, 3.63) is 47.0 Å². The van der Waals surface area contributed by atoms with Crippen molar-refractivity contribution in [2.24, 2.45) is 10.9 Å². The number of hydrogen-bond acceptors (Lipinski definition) is 5. The Hall–Kier alpha value is -2.60. The summed E-state index contributed by atoms with van der Waals surface area (Å²) in [6.07, 6.45) is 0. The van der Waals surface area contributed by atoms with Crippen molar-refractivity contribution in [3.8, 4) is 23.0 Å². The molecular formula is C14H11ClN2O4. The molecule has 21 heavy (non-hydrogen) atoms. The molecule has 6 nitrogen and oxygen atoms in total. The molecule has 108 valence electrons. The zero-order valence-corrected chi connectivity index (χ0v) is 11.5. The fourth-order valence-electron chi connectivity index (χ4n) is 1.96. The van der Waals surface area contributed by atoms with E-state index < -0.39 is 0 Å². The van der Waals surface area contributed by atoms with E-state index in [0.29, 0.717) is 33.6 Å². The maximum absolute atomic E-state index is 8.84. The summed E-state index contributed by atoms with van der Waals surface area (Å²) in [5.41, 5.74) is 5.95. The number of hydrogen-bond donors (Lipinski definition) is 2. The topological polar surface area (TPSA) is 86.3 Å². The van der Waals surface area contributed by atoms with E-state index in [1.54, 1.807) is 36.4 Å². The lowest BCUT2D eigenvalue weighted by Gasteiger charge is -2.12. The SMILES string of the molecule is NC(=NO)c1c(Cl)cccc1Oc1ccc2c(c1)OCO2. The molecule has 7 heteroatoms. The molecule has 2 aromatic rings. The van der Waals surface area contributed by atoms with E-state index in [-0.39, 0.29) is 12.6 Å². The minimum Gasteiger partial charge on any atom is -0.456 e. The molecule has 1 heterocycles. The summed E-state index contributed by atoms with van der Waals surface area (Å²) in [4.78, 5) is 0. The van der Waals surface area contributed by atoms with Crippen LogP contribution in [0.25, 0.3) is 0 Å². The molecule has 0 unspecified atom stereocenters. The zero-order chi connectivity index (χ0) is 14.8. The lowest BCUT2D eigenvalue weighted by molar-refractivity contribution is 0.174. The van der Waals surface area contributed by atoms with E-state index >= 15 is 0 Å². The summed E-state index contributed by atoms with van der Waals surface area (Å²) >= 11 is 6.07. The second-order valence-electron chi connectivity index (χ2n) is 4.22. The summed E-state index contributed by atoms with van der Waals surface area (Å²) in [5, 5.41) is 12.1. The van der Waals surface area contributed by atoms with Crippen molar-refractivity contribution in [3.63, 3.8) is 0 Å². The van der Waals surface area contributed by atoms with Crippen molar-refractivity contribution >= 4 is 17.4 Å². The Morgan fingerprint density at radius 1 is 1.24 bits per heavy atom. The molecule has 2 aromatic carbocycles. The van der Waals surface area contributed by atoms with E-state index in [9.17, 15) is 0 Å². The Balaban J connectivity index is 1.97. The standard InChI is InChI=1S/C14H11ClN2O4/c15-9-2-1-3-11(13(9)14(16)17-18)21-8-4-5-10-12(6-8)20-7-19-10/h1-6,18H,7H2,(H2,16,17). The van der Waals surface area contributed by atoms with Gasteiger partial charge in [0.1, 0.15) is 11.5 Å². The molecular weight excluding hydrogens is 296 g/mol. The van der Waals surface area contributed by atoms with Gasteiger partial charge in [-0.3, -0.25) is 0 Å². The van der Waals surface area contributed by atoms with Crippen LogP contribution in [0.1, 0.15) is 5.56 Å². The van der Waals surface area contributed by atoms with E-state index in [0.717, 1.165) is 0 Å². The summed E-state index contributed by atoms with van der Waals surface area (Å²) in [7, 11) is 0. The zero-order valence-electron chi connectivity index (χ0n) is 10.7. The predicted octanol–water partition coefficient (Wildman–Crippen LogP) is 2.96. The number of nitrogens with two attached hydrogens (primary N) is 1. The third-order valence-electron chi connectivity index (χ3n) is 2.91.